The molecule has 0 amide bonds. The van der Waals surface area contributed by atoms with Crippen LogP contribution < -0.4 is 10.1 Å². The van der Waals surface area contributed by atoms with Gasteiger partial charge in [0.05, 0.1) is 0 Å². The van der Waals surface area contributed by atoms with Crippen LogP contribution in [-0.4, -0.2) is 25.1 Å². The second-order valence-corrected chi connectivity index (χ2v) is 7.18. The molecule has 7 nitrogen and oxygen atoms in total. The number of rotatable bonds is 5. The minimum atomic E-state index is -0.442. The van der Waals surface area contributed by atoms with Crippen LogP contribution in [0.3, 0.4) is 0 Å². The molecule has 0 aliphatic heterocycles. The number of ether oxygens (including phenoxy) is 1. The van der Waals surface area contributed by atoms with Gasteiger partial charge in [-0.25, -0.2) is 9.37 Å². The molecule has 8 heteroatoms. The Morgan fingerprint density at radius 1 is 1.11 bits per heavy atom. The third-order valence-corrected chi connectivity index (χ3v) is 4.74. The molecule has 1 fully saturated rings. The summed E-state index contributed by atoms with van der Waals surface area (Å²) in [5.41, 5.74) is 3.43. The molecule has 28 heavy (non-hydrogen) atoms. The van der Waals surface area contributed by atoms with Crippen molar-refractivity contribution in [1.82, 2.24) is 25.1 Å². The Morgan fingerprint density at radius 3 is 2.79 bits per heavy atom. The Balaban J connectivity index is 1.41. The maximum absolute atomic E-state index is 14.8. The summed E-state index contributed by atoms with van der Waals surface area (Å²) in [6.45, 7) is 3.71. The number of benzene rings is 1. The zero-order valence-corrected chi connectivity index (χ0v) is 15.5. The first-order chi connectivity index (χ1) is 13.5. The molecule has 1 aliphatic rings. The summed E-state index contributed by atoms with van der Waals surface area (Å²) in [7, 11) is 0. The molecule has 1 aromatic carbocycles. The van der Waals surface area contributed by atoms with E-state index >= 15 is 0 Å². The fourth-order valence-electron chi connectivity index (χ4n) is 3.25. The first-order valence-corrected chi connectivity index (χ1v) is 9.19. The lowest BCUT2D eigenvalue weighted by Crippen LogP contribution is -2.00. The van der Waals surface area contributed by atoms with Gasteiger partial charge in [-0.05, 0) is 44.9 Å². The van der Waals surface area contributed by atoms with Crippen LogP contribution in [0, 0.1) is 19.7 Å². The first-order valence-electron chi connectivity index (χ1n) is 9.19. The van der Waals surface area contributed by atoms with Crippen LogP contribution >= 0.6 is 0 Å². The van der Waals surface area contributed by atoms with Gasteiger partial charge in [0, 0.05) is 46.0 Å². The molecule has 0 unspecified atom stereocenters. The van der Waals surface area contributed by atoms with Crippen molar-refractivity contribution in [2.24, 2.45) is 0 Å². The van der Waals surface area contributed by atoms with Crippen LogP contribution in [0.25, 0.3) is 10.9 Å². The molecular weight excluding hydrogens is 359 g/mol. The molecule has 5 rings (SSSR count). The number of aromatic nitrogens is 5. The quantitative estimate of drug-likeness (QED) is 0.462. The molecule has 0 atom stereocenters. The maximum Gasteiger partial charge on any atom is 0.324 e. The predicted octanol–water partition coefficient (Wildman–Crippen LogP) is 4.85. The van der Waals surface area contributed by atoms with Gasteiger partial charge in [0.2, 0.25) is 0 Å². The lowest BCUT2D eigenvalue weighted by Gasteiger charge is -2.09. The predicted molar refractivity (Wildman–Crippen MR) is 104 cm³/mol. The molecule has 0 radical (unpaired) electrons. The molecule has 0 bridgehead atoms. The van der Waals surface area contributed by atoms with E-state index in [0.29, 0.717) is 28.6 Å². The third kappa shape index (κ3) is 3.17. The van der Waals surface area contributed by atoms with Crippen molar-refractivity contribution < 1.29 is 9.13 Å². The van der Waals surface area contributed by atoms with Gasteiger partial charge in [0.1, 0.15) is 5.82 Å². The van der Waals surface area contributed by atoms with Gasteiger partial charge in [-0.3, -0.25) is 5.10 Å². The smallest absolute Gasteiger partial charge is 0.324 e. The molecule has 0 saturated heterocycles. The zero-order chi connectivity index (χ0) is 19.3. The molecule has 1 saturated carbocycles. The lowest BCUT2D eigenvalue weighted by atomic mass is 10.2. The third-order valence-electron chi connectivity index (χ3n) is 4.74. The largest absolute Gasteiger partial charge is 0.421 e. The average molecular weight is 378 g/mol. The number of aryl methyl sites for hydroxylation is 2. The minimum Gasteiger partial charge on any atom is -0.421 e. The van der Waals surface area contributed by atoms with E-state index in [-0.39, 0.29) is 11.8 Å². The number of aromatic amines is 2. The van der Waals surface area contributed by atoms with Gasteiger partial charge < -0.3 is 15.0 Å². The summed E-state index contributed by atoms with van der Waals surface area (Å²) in [6.07, 6.45) is 2.39. The molecule has 0 spiro atoms. The number of halogens is 1. The van der Waals surface area contributed by atoms with Crippen molar-refractivity contribution >= 4 is 22.5 Å². The fourth-order valence-corrected chi connectivity index (χ4v) is 3.25. The molecule has 3 aromatic heterocycles. The molecule has 3 N–H and O–H groups in total. The van der Waals surface area contributed by atoms with Crippen molar-refractivity contribution in [2.75, 3.05) is 5.32 Å². The van der Waals surface area contributed by atoms with E-state index in [1.807, 2.05) is 19.9 Å². The molecule has 3 heterocycles. The highest BCUT2D eigenvalue weighted by molar-refractivity contribution is 5.82. The molecule has 142 valence electrons. The number of H-pyrrole nitrogens is 2. The van der Waals surface area contributed by atoms with Crippen molar-refractivity contribution in [3.05, 3.63) is 53.2 Å². The van der Waals surface area contributed by atoms with Gasteiger partial charge in [-0.2, -0.15) is 10.1 Å². The second-order valence-electron chi connectivity index (χ2n) is 7.18. The van der Waals surface area contributed by atoms with Crippen molar-refractivity contribution in [2.45, 2.75) is 32.6 Å². The summed E-state index contributed by atoms with van der Waals surface area (Å²) < 4.78 is 20.4. The Labute approximate surface area is 160 Å². The van der Waals surface area contributed by atoms with Gasteiger partial charge in [-0.15, -0.1) is 0 Å². The summed E-state index contributed by atoms with van der Waals surface area (Å²) >= 11 is 0. The van der Waals surface area contributed by atoms with Crippen LogP contribution in [-0.2, 0) is 0 Å². The normalized spacial score (nSPS) is 13.8. The number of nitrogens with one attached hydrogen (secondary N) is 3. The SMILES string of the molecule is Cc1cc(Nc2cc(C3CC3)[nH]n2)nc(Oc2ccc3[nH]c(C)cc3c2F)n1. The van der Waals surface area contributed by atoms with Gasteiger partial charge in [0.25, 0.3) is 0 Å². The highest BCUT2D eigenvalue weighted by Gasteiger charge is 2.25. The van der Waals surface area contributed by atoms with E-state index in [1.165, 1.54) is 12.8 Å². The highest BCUT2D eigenvalue weighted by Crippen LogP contribution is 2.39. The van der Waals surface area contributed by atoms with Crippen LogP contribution in [0.15, 0.2) is 30.3 Å². The Bertz CT molecular complexity index is 1180. The number of hydrogen-bond donors (Lipinski definition) is 3. The number of hydrogen-bond acceptors (Lipinski definition) is 5. The van der Waals surface area contributed by atoms with E-state index in [4.69, 9.17) is 4.74 Å². The van der Waals surface area contributed by atoms with Gasteiger partial charge in [-0.1, -0.05) is 0 Å². The van der Waals surface area contributed by atoms with E-state index in [2.05, 4.69) is 30.5 Å². The van der Waals surface area contributed by atoms with Crippen molar-refractivity contribution in [3.63, 3.8) is 0 Å². The lowest BCUT2D eigenvalue weighted by molar-refractivity contribution is 0.413. The van der Waals surface area contributed by atoms with E-state index < -0.39 is 5.82 Å². The van der Waals surface area contributed by atoms with E-state index in [9.17, 15) is 4.39 Å². The highest BCUT2D eigenvalue weighted by atomic mass is 19.1. The topological polar surface area (TPSA) is 91.5 Å². The summed E-state index contributed by atoms with van der Waals surface area (Å²) in [5.74, 6) is 1.45. The summed E-state index contributed by atoms with van der Waals surface area (Å²) in [6, 6.07) is 8.94. The van der Waals surface area contributed by atoms with Crippen LogP contribution in [0.5, 0.6) is 11.8 Å². The number of nitrogens with zero attached hydrogens (tertiary/aromatic N) is 3. The number of anilines is 2. The standard InChI is InChI=1S/C20H19FN6O/c1-10-7-13-14(22-10)5-6-16(19(13)21)28-20-23-11(2)8-17(25-20)24-18-9-15(26-27-18)12-3-4-12/h5-9,12,22H,3-4H2,1-2H3,(H2,23,24,25,26,27). The average Bonchev–Trinajstić information content (AvgIpc) is 3.27. The summed E-state index contributed by atoms with van der Waals surface area (Å²) in [5, 5.41) is 10.9. The fraction of sp³-hybridized carbons (Fsp3) is 0.250. The monoisotopic (exact) mass is 378 g/mol. The van der Waals surface area contributed by atoms with Crippen LogP contribution in [0.2, 0.25) is 0 Å². The van der Waals surface area contributed by atoms with Crippen LogP contribution in [0.1, 0.15) is 35.8 Å². The second kappa shape index (κ2) is 6.33. The minimum absolute atomic E-state index is 0.0750. The van der Waals surface area contributed by atoms with E-state index in [1.54, 1.807) is 24.3 Å². The van der Waals surface area contributed by atoms with Crippen molar-refractivity contribution in [3.8, 4) is 11.8 Å². The molecule has 1 aliphatic carbocycles. The Morgan fingerprint density at radius 2 is 1.96 bits per heavy atom. The van der Waals surface area contributed by atoms with Crippen molar-refractivity contribution in [1.29, 1.82) is 0 Å². The summed E-state index contributed by atoms with van der Waals surface area (Å²) in [4.78, 5) is 11.7. The number of fused-ring (bicyclic) bond motifs is 1. The molecular formula is C20H19FN6O. The van der Waals surface area contributed by atoms with Gasteiger partial charge >= 0.3 is 6.01 Å². The molecule has 4 aromatic rings. The zero-order valence-electron chi connectivity index (χ0n) is 15.5. The maximum atomic E-state index is 14.8. The van der Waals surface area contributed by atoms with E-state index in [0.717, 1.165) is 16.9 Å². The van der Waals surface area contributed by atoms with Gasteiger partial charge in [0.15, 0.2) is 17.4 Å². The Hall–Kier alpha value is -3.42. The first kappa shape index (κ1) is 16.7. The van der Waals surface area contributed by atoms with Crippen LogP contribution in [0.4, 0.5) is 16.0 Å². The Kier molecular flexibility index (Phi) is 3.78.